The molecule has 2 unspecified atom stereocenters. The summed E-state index contributed by atoms with van der Waals surface area (Å²) in [4.78, 5) is 0. The predicted molar refractivity (Wildman–Crippen MR) is 48.6 cm³/mol. The van der Waals surface area contributed by atoms with Gasteiger partial charge in [-0.05, 0) is 25.8 Å². The van der Waals surface area contributed by atoms with E-state index in [1.165, 1.54) is 0 Å². The molecule has 2 nitrogen and oxygen atoms in total. The molecule has 11 heavy (non-hydrogen) atoms. The van der Waals surface area contributed by atoms with Crippen LogP contribution in [0.5, 0.6) is 0 Å². The summed E-state index contributed by atoms with van der Waals surface area (Å²) in [5.74, 6) is 0.647. The van der Waals surface area contributed by atoms with Crippen molar-refractivity contribution in [1.29, 1.82) is 0 Å². The van der Waals surface area contributed by atoms with E-state index >= 15 is 0 Å². The van der Waals surface area contributed by atoms with E-state index in [9.17, 15) is 5.11 Å². The van der Waals surface area contributed by atoms with Crippen LogP contribution in [0.1, 0.15) is 34.1 Å². The number of hydrogen-bond donors (Lipinski definition) is 2. The second kappa shape index (κ2) is 5.56. The van der Waals surface area contributed by atoms with Crippen LogP contribution in [0.3, 0.4) is 0 Å². The first-order valence-electron chi connectivity index (χ1n) is 4.49. The molecule has 0 heterocycles. The summed E-state index contributed by atoms with van der Waals surface area (Å²) in [6.07, 6.45) is 0.809. The molecule has 0 amide bonds. The van der Waals surface area contributed by atoms with Crippen molar-refractivity contribution in [3.63, 3.8) is 0 Å². The number of nitrogens with one attached hydrogen (secondary N) is 1. The number of rotatable bonds is 5. The first-order valence-corrected chi connectivity index (χ1v) is 4.49. The van der Waals surface area contributed by atoms with Gasteiger partial charge in [0.1, 0.15) is 0 Å². The standard InChI is InChI=1S/C9H21NO/c1-5-10-9(8(4)11)6-7(2)3/h7-11H,5-6H2,1-4H3. The fraction of sp³-hybridized carbons (Fsp3) is 1.00. The van der Waals surface area contributed by atoms with Crippen molar-refractivity contribution in [3.05, 3.63) is 0 Å². The third-order valence-corrected chi connectivity index (χ3v) is 1.77. The maximum atomic E-state index is 9.33. The normalized spacial score (nSPS) is 16.9. The average molecular weight is 159 g/mol. The number of hydrogen-bond acceptors (Lipinski definition) is 2. The minimum Gasteiger partial charge on any atom is -0.392 e. The van der Waals surface area contributed by atoms with E-state index in [1.54, 1.807) is 0 Å². The molecule has 0 bridgehead atoms. The molecule has 0 rings (SSSR count). The summed E-state index contributed by atoms with van der Waals surface area (Å²) >= 11 is 0. The lowest BCUT2D eigenvalue weighted by atomic mass is 10.0. The molecule has 68 valence electrons. The van der Waals surface area contributed by atoms with E-state index in [2.05, 4.69) is 26.1 Å². The molecular formula is C9H21NO. The minimum absolute atomic E-state index is 0.239. The summed E-state index contributed by atoms with van der Waals surface area (Å²) in [5.41, 5.74) is 0. The van der Waals surface area contributed by atoms with Gasteiger partial charge in [-0.2, -0.15) is 0 Å². The van der Waals surface area contributed by atoms with Gasteiger partial charge in [-0.15, -0.1) is 0 Å². The van der Waals surface area contributed by atoms with E-state index in [4.69, 9.17) is 0 Å². The van der Waals surface area contributed by atoms with Crippen LogP contribution in [0.25, 0.3) is 0 Å². The molecule has 0 radical (unpaired) electrons. The molecule has 0 saturated heterocycles. The van der Waals surface area contributed by atoms with E-state index < -0.39 is 0 Å². The molecule has 0 saturated carbocycles. The van der Waals surface area contributed by atoms with E-state index in [0.717, 1.165) is 13.0 Å². The Kier molecular flexibility index (Phi) is 5.51. The Balaban J connectivity index is 3.69. The smallest absolute Gasteiger partial charge is 0.0665 e. The second-order valence-corrected chi connectivity index (χ2v) is 3.53. The van der Waals surface area contributed by atoms with E-state index in [0.29, 0.717) is 5.92 Å². The molecule has 0 aromatic heterocycles. The quantitative estimate of drug-likeness (QED) is 0.635. The van der Waals surface area contributed by atoms with Gasteiger partial charge in [-0.25, -0.2) is 0 Å². The topological polar surface area (TPSA) is 32.3 Å². The zero-order valence-electron chi connectivity index (χ0n) is 8.09. The molecule has 0 aliphatic rings. The Hall–Kier alpha value is -0.0800. The lowest BCUT2D eigenvalue weighted by Gasteiger charge is -2.22. The summed E-state index contributed by atoms with van der Waals surface area (Å²) < 4.78 is 0. The first-order chi connectivity index (χ1) is 5.07. The molecule has 0 aliphatic carbocycles. The molecule has 0 spiro atoms. The van der Waals surface area contributed by atoms with Gasteiger partial charge in [0.25, 0.3) is 0 Å². The maximum Gasteiger partial charge on any atom is 0.0665 e. The molecule has 0 aliphatic heterocycles. The number of aliphatic hydroxyl groups excluding tert-OH is 1. The monoisotopic (exact) mass is 159 g/mol. The van der Waals surface area contributed by atoms with Crippen LogP contribution in [0.15, 0.2) is 0 Å². The van der Waals surface area contributed by atoms with Crippen molar-refractivity contribution < 1.29 is 5.11 Å². The summed E-state index contributed by atoms with van der Waals surface area (Å²) in [6.45, 7) is 9.19. The average Bonchev–Trinajstić information content (AvgIpc) is 1.86. The molecule has 0 aromatic carbocycles. The molecule has 0 aromatic rings. The lowest BCUT2D eigenvalue weighted by Crippen LogP contribution is -2.39. The highest BCUT2D eigenvalue weighted by Crippen LogP contribution is 2.07. The van der Waals surface area contributed by atoms with Crippen molar-refractivity contribution in [1.82, 2.24) is 5.32 Å². The van der Waals surface area contributed by atoms with Gasteiger partial charge in [-0.3, -0.25) is 0 Å². The second-order valence-electron chi connectivity index (χ2n) is 3.53. The zero-order chi connectivity index (χ0) is 8.85. The van der Waals surface area contributed by atoms with Crippen LogP contribution in [-0.4, -0.2) is 23.8 Å². The fourth-order valence-corrected chi connectivity index (χ4v) is 1.22. The van der Waals surface area contributed by atoms with Gasteiger partial charge in [0.2, 0.25) is 0 Å². The third kappa shape index (κ3) is 5.22. The number of aliphatic hydroxyl groups is 1. The van der Waals surface area contributed by atoms with Gasteiger partial charge in [0, 0.05) is 6.04 Å². The summed E-state index contributed by atoms with van der Waals surface area (Å²) in [5, 5.41) is 12.6. The summed E-state index contributed by atoms with van der Waals surface area (Å²) in [6, 6.07) is 0.264. The maximum absolute atomic E-state index is 9.33. The Labute approximate surface area is 70.0 Å². The van der Waals surface area contributed by atoms with Crippen molar-refractivity contribution in [2.75, 3.05) is 6.54 Å². The first kappa shape index (κ1) is 10.9. The molecule has 2 atom stereocenters. The lowest BCUT2D eigenvalue weighted by molar-refractivity contribution is 0.134. The van der Waals surface area contributed by atoms with Crippen molar-refractivity contribution in [3.8, 4) is 0 Å². The molecule has 2 N–H and O–H groups in total. The fourth-order valence-electron chi connectivity index (χ4n) is 1.22. The van der Waals surface area contributed by atoms with Crippen LogP contribution in [-0.2, 0) is 0 Å². The highest BCUT2D eigenvalue weighted by molar-refractivity contribution is 4.72. The van der Waals surface area contributed by atoms with Gasteiger partial charge in [-0.1, -0.05) is 20.8 Å². The molecule has 0 fully saturated rings. The Morgan fingerprint density at radius 1 is 1.27 bits per heavy atom. The highest BCUT2D eigenvalue weighted by atomic mass is 16.3. The van der Waals surface area contributed by atoms with Crippen molar-refractivity contribution in [2.24, 2.45) is 5.92 Å². The van der Waals surface area contributed by atoms with Crippen LogP contribution in [0.4, 0.5) is 0 Å². The van der Waals surface area contributed by atoms with Gasteiger partial charge >= 0.3 is 0 Å². The van der Waals surface area contributed by atoms with Crippen LogP contribution < -0.4 is 5.32 Å². The summed E-state index contributed by atoms with van der Waals surface area (Å²) in [7, 11) is 0. The van der Waals surface area contributed by atoms with E-state index in [-0.39, 0.29) is 12.1 Å². The predicted octanol–water partition coefficient (Wildman–Crippen LogP) is 1.39. The van der Waals surface area contributed by atoms with Crippen LogP contribution in [0, 0.1) is 5.92 Å². The minimum atomic E-state index is -0.239. The van der Waals surface area contributed by atoms with Gasteiger partial charge < -0.3 is 10.4 Å². The Morgan fingerprint density at radius 2 is 1.82 bits per heavy atom. The van der Waals surface area contributed by atoms with Crippen LogP contribution in [0.2, 0.25) is 0 Å². The van der Waals surface area contributed by atoms with Crippen molar-refractivity contribution in [2.45, 2.75) is 46.3 Å². The van der Waals surface area contributed by atoms with Crippen LogP contribution >= 0.6 is 0 Å². The third-order valence-electron chi connectivity index (χ3n) is 1.77. The highest BCUT2D eigenvalue weighted by Gasteiger charge is 2.14. The van der Waals surface area contributed by atoms with E-state index in [1.807, 2.05) is 6.92 Å². The Morgan fingerprint density at radius 3 is 2.09 bits per heavy atom. The SMILES string of the molecule is CCNC(CC(C)C)C(C)O. The van der Waals surface area contributed by atoms with Gasteiger partial charge in [0.05, 0.1) is 6.10 Å². The zero-order valence-corrected chi connectivity index (χ0v) is 8.09. The molecular weight excluding hydrogens is 138 g/mol. The largest absolute Gasteiger partial charge is 0.392 e. The van der Waals surface area contributed by atoms with Crippen molar-refractivity contribution >= 4 is 0 Å². The number of likely N-dealkylation sites (N-methyl/N-ethyl adjacent to an activating group) is 1. The Bertz CT molecular complexity index is 91.6. The van der Waals surface area contributed by atoms with Gasteiger partial charge in [0.15, 0.2) is 0 Å². The molecule has 2 heteroatoms.